The number of ether oxygens (including phenoxy) is 1. The largest absolute Gasteiger partial charge is 0.492 e. The minimum Gasteiger partial charge on any atom is -0.492 e. The van der Waals surface area contributed by atoms with Crippen molar-refractivity contribution in [3.05, 3.63) is 30.0 Å². The van der Waals surface area contributed by atoms with Gasteiger partial charge in [0.05, 0.1) is 0 Å². The van der Waals surface area contributed by atoms with Crippen molar-refractivity contribution in [2.45, 2.75) is 13.8 Å². The molecule has 118 valence electrons. The summed E-state index contributed by atoms with van der Waals surface area (Å²) in [5.41, 5.74) is 0.701. The zero-order valence-electron chi connectivity index (χ0n) is 13.4. The second-order valence-electron chi connectivity index (χ2n) is 4.12. The Hall–Kier alpha value is -1.85. The van der Waals surface area contributed by atoms with Crippen LogP contribution in [-0.4, -0.2) is 50.6 Å². The molecule has 2 aromatic rings. The lowest BCUT2D eigenvalue weighted by Gasteiger charge is -2.10. The summed E-state index contributed by atoms with van der Waals surface area (Å²) >= 11 is 0. The van der Waals surface area contributed by atoms with E-state index in [0.717, 1.165) is 24.8 Å². The summed E-state index contributed by atoms with van der Waals surface area (Å²) in [6.07, 6.45) is 0.701. The SMILES string of the molecule is CC.CN(C)CCOc1ccc2oc(C=O)cc2c1.CO. The van der Waals surface area contributed by atoms with Gasteiger partial charge in [0.1, 0.15) is 17.9 Å². The van der Waals surface area contributed by atoms with E-state index in [4.69, 9.17) is 14.3 Å². The maximum atomic E-state index is 10.6. The Morgan fingerprint density at radius 1 is 1.24 bits per heavy atom. The van der Waals surface area contributed by atoms with Crippen LogP contribution in [0.4, 0.5) is 0 Å². The minimum atomic E-state index is 0.338. The number of carbonyl (C=O) groups excluding carboxylic acids is 1. The second-order valence-corrected chi connectivity index (χ2v) is 4.12. The lowest BCUT2D eigenvalue weighted by molar-refractivity contribution is 0.110. The molecule has 0 aliphatic heterocycles. The van der Waals surface area contributed by atoms with Gasteiger partial charge in [0.2, 0.25) is 0 Å². The average Bonchev–Trinajstić information content (AvgIpc) is 2.93. The molecule has 1 aromatic carbocycles. The van der Waals surface area contributed by atoms with Crippen molar-refractivity contribution < 1.29 is 19.1 Å². The molecule has 0 amide bonds. The molecular weight excluding hydrogens is 270 g/mol. The predicted octanol–water partition coefficient (Wildman–Crippen LogP) is 2.82. The van der Waals surface area contributed by atoms with Gasteiger partial charge in [0, 0.05) is 19.0 Å². The van der Waals surface area contributed by atoms with Gasteiger partial charge in [-0.2, -0.15) is 0 Å². The number of likely N-dealkylation sites (N-methyl/N-ethyl adjacent to an activating group) is 1. The van der Waals surface area contributed by atoms with Crippen LogP contribution in [0.3, 0.4) is 0 Å². The van der Waals surface area contributed by atoms with Crippen LogP contribution in [0, 0.1) is 0 Å². The average molecular weight is 295 g/mol. The normalized spacial score (nSPS) is 9.48. The number of benzene rings is 1. The molecule has 5 nitrogen and oxygen atoms in total. The van der Waals surface area contributed by atoms with Gasteiger partial charge in [-0.05, 0) is 38.4 Å². The summed E-state index contributed by atoms with van der Waals surface area (Å²) in [6, 6.07) is 7.24. The molecule has 0 fully saturated rings. The number of rotatable bonds is 5. The first kappa shape index (κ1) is 19.1. The molecule has 1 heterocycles. The molecule has 0 unspecified atom stereocenters. The third-order valence-electron chi connectivity index (χ3n) is 2.43. The number of carbonyl (C=O) groups is 1. The topological polar surface area (TPSA) is 62.9 Å². The number of furan rings is 1. The van der Waals surface area contributed by atoms with Crippen LogP contribution >= 0.6 is 0 Å². The van der Waals surface area contributed by atoms with Crippen LogP contribution in [0.5, 0.6) is 5.75 Å². The lowest BCUT2D eigenvalue weighted by Crippen LogP contribution is -2.19. The quantitative estimate of drug-likeness (QED) is 0.859. The highest BCUT2D eigenvalue weighted by atomic mass is 16.5. The Morgan fingerprint density at radius 2 is 1.90 bits per heavy atom. The summed E-state index contributed by atoms with van der Waals surface area (Å²) in [4.78, 5) is 12.6. The maximum Gasteiger partial charge on any atom is 0.185 e. The Kier molecular flexibility index (Phi) is 9.92. The predicted molar refractivity (Wildman–Crippen MR) is 85.1 cm³/mol. The molecule has 21 heavy (non-hydrogen) atoms. The fourth-order valence-corrected chi connectivity index (χ4v) is 1.54. The van der Waals surface area contributed by atoms with E-state index in [2.05, 4.69) is 4.90 Å². The lowest BCUT2D eigenvalue weighted by atomic mass is 10.2. The second kappa shape index (κ2) is 10.9. The molecule has 0 aliphatic rings. The van der Waals surface area contributed by atoms with E-state index in [9.17, 15) is 4.79 Å². The van der Waals surface area contributed by atoms with Gasteiger partial charge < -0.3 is 19.2 Å². The molecule has 0 aliphatic carbocycles. The number of fused-ring (bicyclic) bond motifs is 1. The molecule has 0 radical (unpaired) electrons. The number of aliphatic hydroxyl groups is 1. The molecule has 0 spiro atoms. The first-order valence-corrected chi connectivity index (χ1v) is 6.90. The molecule has 5 heteroatoms. The first-order valence-electron chi connectivity index (χ1n) is 6.90. The van der Waals surface area contributed by atoms with Crippen molar-refractivity contribution in [2.75, 3.05) is 34.4 Å². The van der Waals surface area contributed by atoms with Crippen molar-refractivity contribution in [3.63, 3.8) is 0 Å². The minimum absolute atomic E-state index is 0.338. The zero-order chi connectivity index (χ0) is 16.3. The van der Waals surface area contributed by atoms with Crippen LogP contribution in [0.1, 0.15) is 24.4 Å². The van der Waals surface area contributed by atoms with Crippen molar-refractivity contribution >= 4 is 17.3 Å². The fourth-order valence-electron chi connectivity index (χ4n) is 1.54. The summed E-state index contributed by atoms with van der Waals surface area (Å²) in [6.45, 7) is 5.50. The smallest absolute Gasteiger partial charge is 0.185 e. The van der Waals surface area contributed by atoms with Crippen molar-refractivity contribution in [2.24, 2.45) is 0 Å². The molecule has 0 bridgehead atoms. The molecule has 2 rings (SSSR count). The monoisotopic (exact) mass is 295 g/mol. The molecule has 1 N–H and O–H groups in total. The molecule has 0 saturated heterocycles. The van der Waals surface area contributed by atoms with Crippen molar-refractivity contribution in [1.29, 1.82) is 0 Å². The van der Waals surface area contributed by atoms with Crippen LogP contribution < -0.4 is 4.74 Å². The summed E-state index contributed by atoms with van der Waals surface area (Å²) in [7, 11) is 5.00. The van der Waals surface area contributed by atoms with E-state index in [1.807, 2.05) is 46.1 Å². The molecule has 0 atom stereocenters. The van der Waals surface area contributed by atoms with Crippen LogP contribution in [0.25, 0.3) is 11.0 Å². The molecule has 0 saturated carbocycles. The number of nitrogens with zero attached hydrogens (tertiary/aromatic N) is 1. The number of hydrogen-bond acceptors (Lipinski definition) is 5. The molecular formula is C16H25NO4. The molecule has 1 aromatic heterocycles. The van der Waals surface area contributed by atoms with Gasteiger partial charge >= 0.3 is 0 Å². The highest BCUT2D eigenvalue weighted by molar-refractivity contribution is 5.85. The highest BCUT2D eigenvalue weighted by Gasteiger charge is 2.04. The van der Waals surface area contributed by atoms with Crippen LogP contribution in [0.2, 0.25) is 0 Å². The zero-order valence-corrected chi connectivity index (χ0v) is 13.4. The third-order valence-corrected chi connectivity index (χ3v) is 2.43. The maximum absolute atomic E-state index is 10.6. The van der Waals surface area contributed by atoms with Crippen LogP contribution in [0.15, 0.2) is 28.7 Å². The Balaban J connectivity index is 0.000000921. The summed E-state index contributed by atoms with van der Waals surface area (Å²) < 4.78 is 10.9. The summed E-state index contributed by atoms with van der Waals surface area (Å²) in [5.74, 6) is 1.13. The number of aldehydes is 1. The third kappa shape index (κ3) is 6.42. The van der Waals surface area contributed by atoms with E-state index in [1.165, 1.54) is 0 Å². The van der Waals surface area contributed by atoms with Gasteiger partial charge in [-0.25, -0.2) is 0 Å². The van der Waals surface area contributed by atoms with Gasteiger partial charge in [-0.3, -0.25) is 4.79 Å². The number of aliphatic hydroxyl groups excluding tert-OH is 1. The van der Waals surface area contributed by atoms with E-state index in [-0.39, 0.29) is 0 Å². The van der Waals surface area contributed by atoms with Gasteiger partial charge in [-0.1, -0.05) is 13.8 Å². The van der Waals surface area contributed by atoms with E-state index < -0.39 is 0 Å². The summed E-state index contributed by atoms with van der Waals surface area (Å²) in [5, 5.41) is 7.88. The van der Waals surface area contributed by atoms with Crippen molar-refractivity contribution in [1.82, 2.24) is 4.90 Å². The standard InChI is InChI=1S/C13H15NO3.C2H6.CH4O/c1-14(2)5-6-16-11-3-4-13-10(7-11)8-12(9-15)17-13;2*1-2/h3-4,7-9H,5-6H2,1-2H3;1-2H3;2H,1H3. The van der Waals surface area contributed by atoms with Gasteiger partial charge in [-0.15, -0.1) is 0 Å². The van der Waals surface area contributed by atoms with Gasteiger partial charge in [0.25, 0.3) is 0 Å². The van der Waals surface area contributed by atoms with E-state index >= 15 is 0 Å². The first-order chi connectivity index (χ1) is 10.2. The Morgan fingerprint density at radius 3 is 2.48 bits per heavy atom. The Labute approximate surface area is 126 Å². The number of hydrogen-bond donors (Lipinski definition) is 1. The van der Waals surface area contributed by atoms with E-state index in [1.54, 1.807) is 6.07 Å². The fraction of sp³-hybridized carbons (Fsp3) is 0.438. The Bertz CT molecular complexity index is 520. The van der Waals surface area contributed by atoms with E-state index in [0.29, 0.717) is 24.2 Å². The highest BCUT2D eigenvalue weighted by Crippen LogP contribution is 2.23. The van der Waals surface area contributed by atoms with Crippen LogP contribution in [-0.2, 0) is 0 Å². The van der Waals surface area contributed by atoms with Gasteiger partial charge in [0.15, 0.2) is 12.0 Å². The van der Waals surface area contributed by atoms with Crippen molar-refractivity contribution in [3.8, 4) is 5.75 Å².